The van der Waals surface area contributed by atoms with E-state index in [0.29, 0.717) is 22.5 Å². The smallest absolute Gasteiger partial charge is 0.254 e. The molecule has 0 radical (unpaired) electrons. The maximum absolute atomic E-state index is 13.2. The zero-order valence-corrected chi connectivity index (χ0v) is 12.5. The van der Waals surface area contributed by atoms with Gasteiger partial charge in [-0.2, -0.15) is 0 Å². The van der Waals surface area contributed by atoms with Gasteiger partial charge in [-0.05, 0) is 66.0 Å². The summed E-state index contributed by atoms with van der Waals surface area (Å²) in [6.07, 6.45) is 2.28. The summed E-state index contributed by atoms with van der Waals surface area (Å²) in [5.41, 5.74) is 0.381. The quantitative estimate of drug-likeness (QED) is 0.925. The molecule has 1 aliphatic heterocycles. The van der Waals surface area contributed by atoms with Crippen LogP contribution in [0.2, 0.25) is 0 Å². The number of rotatable bonds is 3. The summed E-state index contributed by atoms with van der Waals surface area (Å²) in [5.74, 6) is -0.0498. The van der Waals surface area contributed by atoms with Crippen molar-refractivity contribution in [3.8, 4) is 0 Å². The number of nitrogens with zero attached hydrogens (tertiary/aromatic N) is 1. The number of nitrogens with one attached hydrogen (secondary N) is 1. The van der Waals surface area contributed by atoms with Gasteiger partial charge in [0.1, 0.15) is 5.82 Å². The van der Waals surface area contributed by atoms with Crippen LogP contribution in [0.4, 0.5) is 4.39 Å². The lowest BCUT2D eigenvalue weighted by molar-refractivity contribution is 0.0763. The van der Waals surface area contributed by atoms with Crippen LogP contribution in [-0.2, 0) is 0 Å². The van der Waals surface area contributed by atoms with Gasteiger partial charge in [0, 0.05) is 18.1 Å². The van der Waals surface area contributed by atoms with Crippen molar-refractivity contribution in [1.82, 2.24) is 10.2 Å². The molecule has 1 aromatic rings. The van der Waals surface area contributed by atoms with E-state index in [2.05, 4.69) is 21.2 Å². The minimum absolute atomic E-state index is 0.142. The number of benzene rings is 1. The fourth-order valence-corrected chi connectivity index (χ4v) is 2.83. The summed E-state index contributed by atoms with van der Waals surface area (Å²) in [6.45, 7) is 2.71. The van der Waals surface area contributed by atoms with Gasteiger partial charge in [0.25, 0.3) is 5.91 Å². The number of hydrogen-bond donors (Lipinski definition) is 1. The van der Waals surface area contributed by atoms with Gasteiger partial charge in [0.05, 0.1) is 5.56 Å². The van der Waals surface area contributed by atoms with Crippen LogP contribution in [-0.4, -0.2) is 37.5 Å². The van der Waals surface area contributed by atoms with E-state index in [0.717, 1.165) is 25.9 Å². The summed E-state index contributed by atoms with van der Waals surface area (Å²) in [4.78, 5) is 14.0. The third kappa shape index (κ3) is 3.76. The predicted octanol–water partition coefficient (Wildman–Crippen LogP) is 2.66. The van der Waals surface area contributed by atoms with Crippen LogP contribution < -0.4 is 5.32 Å². The first kappa shape index (κ1) is 14.5. The zero-order valence-electron chi connectivity index (χ0n) is 11.0. The Morgan fingerprint density at radius 2 is 2.37 bits per heavy atom. The van der Waals surface area contributed by atoms with Gasteiger partial charge >= 0.3 is 0 Å². The minimum atomic E-state index is -0.390. The minimum Gasteiger partial charge on any atom is -0.341 e. The molecule has 1 fully saturated rings. The summed E-state index contributed by atoms with van der Waals surface area (Å²) in [6, 6.07) is 4.19. The van der Waals surface area contributed by atoms with Crippen molar-refractivity contribution in [3.05, 3.63) is 34.1 Å². The highest BCUT2D eigenvalue weighted by Crippen LogP contribution is 2.20. The first-order chi connectivity index (χ1) is 9.08. The Bertz CT molecular complexity index is 461. The van der Waals surface area contributed by atoms with Crippen molar-refractivity contribution < 1.29 is 9.18 Å². The third-order valence-electron chi connectivity index (χ3n) is 3.44. The topological polar surface area (TPSA) is 32.3 Å². The number of amides is 1. The van der Waals surface area contributed by atoms with Crippen molar-refractivity contribution in [1.29, 1.82) is 0 Å². The second-order valence-electron chi connectivity index (χ2n) is 5.02. The molecule has 0 aliphatic carbocycles. The molecule has 3 nitrogen and oxygen atoms in total. The van der Waals surface area contributed by atoms with E-state index in [1.807, 2.05) is 0 Å². The standard InChI is InChI=1S/C14H18BrFN2O/c1-18(9-10-3-2-6-17-8-10)14(19)12-7-11(16)4-5-13(12)15/h4-5,7,10,17H,2-3,6,8-9H2,1H3. The molecule has 19 heavy (non-hydrogen) atoms. The zero-order chi connectivity index (χ0) is 13.8. The van der Waals surface area contributed by atoms with E-state index >= 15 is 0 Å². The predicted molar refractivity (Wildman–Crippen MR) is 76.7 cm³/mol. The molecule has 1 saturated heterocycles. The molecule has 1 aromatic carbocycles. The molecular formula is C14H18BrFN2O. The average Bonchev–Trinajstić information content (AvgIpc) is 2.42. The summed E-state index contributed by atoms with van der Waals surface area (Å²) in [5, 5.41) is 3.33. The Labute approximate surface area is 121 Å². The van der Waals surface area contributed by atoms with Gasteiger partial charge in [0.15, 0.2) is 0 Å². The summed E-state index contributed by atoms with van der Waals surface area (Å²) >= 11 is 3.30. The van der Waals surface area contributed by atoms with Crippen LogP contribution in [0.5, 0.6) is 0 Å². The summed E-state index contributed by atoms with van der Waals surface area (Å²) < 4.78 is 13.9. The number of carbonyl (C=O) groups is 1. The van der Waals surface area contributed by atoms with Gasteiger partial charge in [-0.3, -0.25) is 4.79 Å². The molecule has 1 N–H and O–H groups in total. The lowest BCUT2D eigenvalue weighted by Gasteiger charge is -2.28. The molecule has 0 bridgehead atoms. The lowest BCUT2D eigenvalue weighted by atomic mass is 9.99. The van der Waals surface area contributed by atoms with Crippen LogP contribution in [0, 0.1) is 11.7 Å². The van der Waals surface area contributed by atoms with E-state index in [9.17, 15) is 9.18 Å². The van der Waals surface area contributed by atoms with Gasteiger partial charge in [-0.25, -0.2) is 4.39 Å². The van der Waals surface area contributed by atoms with Gasteiger partial charge in [-0.1, -0.05) is 0 Å². The molecule has 0 saturated carbocycles. The first-order valence-electron chi connectivity index (χ1n) is 6.49. The highest BCUT2D eigenvalue weighted by atomic mass is 79.9. The number of carbonyl (C=O) groups excluding carboxylic acids is 1. The highest BCUT2D eigenvalue weighted by molar-refractivity contribution is 9.10. The maximum Gasteiger partial charge on any atom is 0.254 e. The fraction of sp³-hybridized carbons (Fsp3) is 0.500. The largest absolute Gasteiger partial charge is 0.341 e. The number of halogens is 2. The van der Waals surface area contributed by atoms with Crippen molar-refractivity contribution in [2.24, 2.45) is 5.92 Å². The average molecular weight is 329 g/mol. The lowest BCUT2D eigenvalue weighted by Crippen LogP contribution is -2.39. The van der Waals surface area contributed by atoms with E-state index in [1.54, 1.807) is 18.0 Å². The fourth-order valence-electron chi connectivity index (χ4n) is 2.42. The Morgan fingerprint density at radius 1 is 1.58 bits per heavy atom. The molecule has 2 rings (SSSR count). The molecule has 104 valence electrons. The van der Waals surface area contributed by atoms with Crippen LogP contribution in [0.25, 0.3) is 0 Å². The highest BCUT2D eigenvalue weighted by Gasteiger charge is 2.20. The van der Waals surface area contributed by atoms with Crippen LogP contribution in [0.1, 0.15) is 23.2 Å². The van der Waals surface area contributed by atoms with Crippen molar-refractivity contribution in [3.63, 3.8) is 0 Å². The van der Waals surface area contributed by atoms with E-state index in [4.69, 9.17) is 0 Å². The molecule has 1 aliphatic rings. The Balaban J connectivity index is 2.03. The van der Waals surface area contributed by atoms with E-state index < -0.39 is 0 Å². The molecule has 5 heteroatoms. The maximum atomic E-state index is 13.2. The molecule has 1 atom stereocenters. The van der Waals surface area contributed by atoms with Crippen molar-refractivity contribution in [2.75, 3.05) is 26.7 Å². The van der Waals surface area contributed by atoms with E-state index in [1.165, 1.54) is 12.1 Å². The second kappa shape index (κ2) is 6.48. The second-order valence-corrected chi connectivity index (χ2v) is 5.88. The Kier molecular flexibility index (Phi) is 4.93. The first-order valence-corrected chi connectivity index (χ1v) is 7.28. The van der Waals surface area contributed by atoms with Gasteiger partial charge in [0.2, 0.25) is 0 Å². The van der Waals surface area contributed by atoms with Crippen molar-refractivity contribution >= 4 is 21.8 Å². The monoisotopic (exact) mass is 328 g/mol. The van der Waals surface area contributed by atoms with E-state index in [-0.39, 0.29) is 11.7 Å². The number of hydrogen-bond acceptors (Lipinski definition) is 2. The van der Waals surface area contributed by atoms with Crippen molar-refractivity contribution in [2.45, 2.75) is 12.8 Å². The summed E-state index contributed by atoms with van der Waals surface area (Å²) in [7, 11) is 1.77. The Morgan fingerprint density at radius 3 is 3.05 bits per heavy atom. The SMILES string of the molecule is CN(CC1CCCNC1)C(=O)c1cc(F)ccc1Br. The molecule has 1 heterocycles. The molecule has 1 unspecified atom stereocenters. The molecule has 0 aromatic heterocycles. The van der Waals surface area contributed by atoms with Crippen LogP contribution in [0.3, 0.4) is 0 Å². The molecule has 0 spiro atoms. The van der Waals surface area contributed by atoms with Gasteiger partial charge in [-0.15, -0.1) is 0 Å². The normalized spacial score (nSPS) is 19.2. The Hall–Kier alpha value is -0.940. The van der Waals surface area contributed by atoms with Crippen LogP contribution in [0.15, 0.2) is 22.7 Å². The molecular weight excluding hydrogens is 311 g/mol. The molecule has 1 amide bonds. The van der Waals surface area contributed by atoms with Crippen LogP contribution >= 0.6 is 15.9 Å². The van der Waals surface area contributed by atoms with Gasteiger partial charge < -0.3 is 10.2 Å². The third-order valence-corrected chi connectivity index (χ3v) is 4.13. The number of piperidine rings is 1.